The summed E-state index contributed by atoms with van der Waals surface area (Å²) in [6.07, 6.45) is 0. The number of hydrazone groups is 1. The first kappa shape index (κ1) is 15.6. The van der Waals surface area contributed by atoms with E-state index in [1.807, 2.05) is 42.5 Å². The summed E-state index contributed by atoms with van der Waals surface area (Å²) < 4.78 is 2.22. The summed E-state index contributed by atoms with van der Waals surface area (Å²) in [7, 11) is 0. The van der Waals surface area contributed by atoms with Crippen LogP contribution < -0.4 is 5.43 Å². The lowest BCUT2D eigenvalue weighted by Gasteiger charge is -2.18. The smallest absolute Gasteiger partial charge is 0.225 e. The molecule has 3 aromatic carbocycles. The van der Waals surface area contributed by atoms with Crippen LogP contribution in [0.25, 0.3) is 22.5 Å². The standard InChI is InChI=1S/C23H18N4/c1-4-10-17(11-5-1)20-16-27-22(19-14-8-3-9-15-19)21(24-23(27)26-25-20)18-12-6-2-7-13-18/h1-15H,16H2,(H,24,26). The van der Waals surface area contributed by atoms with E-state index in [1.165, 1.54) is 0 Å². The molecule has 4 nitrogen and oxygen atoms in total. The number of nitrogens with one attached hydrogen (secondary N) is 1. The van der Waals surface area contributed by atoms with Gasteiger partial charge in [0.2, 0.25) is 5.95 Å². The zero-order valence-corrected chi connectivity index (χ0v) is 14.7. The number of fused-ring (bicyclic) bond motifs is 1. The van der Waals surface area contributed by atoms with Crippen LogP contribution in [0.4, 0.5) is 5.95 Å². The van der Waals surface area contributed by atoms with E-state index >= 15 is 0 Å². The topological polar surface area (TPSA) is 42.2 Å². The highest BCUT2D eigenvalue weighted by molar-refractivity contribution is 6.02. The van der Waals surface area contributed by atoms with Gasteiger partial charge in [0, 0.05) is 11.1 Å². The number of aromatic nitrogens is 2. The first-order valence-electron chi connectivity index (χ1n) is 8.99. The predicted octanol–water partition coefficient (Wildman–Crippen LogP) is 5.05. The van der Waals surface area contributed by atoms with Gasteiger partial charge in [-0.25, -0.2) is 10.4 Å². The molecule has 0 fully saturated rings. The van der Waals surface area contributed by atoms with E-state index in [4.69, 9.17) is 4.98 Å². The van der Waals surface area contributed by atoms with Crippen molar-refractivity contribution < 1.29 is 0 Å². The predicted molar refractivity (Wildman–Crippen MR) is 110 cm³/mol. The van der Waals surface area contributed by atoms with E-state index in [-0.39, 0.29) is 0 Å². The average molecular weight is 350 g/mol. The van der Waals surface area contributed by atoms with Crippen LogP contribution in [0.15, 0.2) is 96.1 Å². The summed E-state index contributed by atoms with van der Waals surface area (Å²) in [5, 5.41) is 4.57. The van der Waals surface area contributed by atoms with Crippen molar-refractivity contribution in [2.24, 2.45) is 5.10 Å². The summed E-state index contributed by atoms with van der Waals surface area (Å²) >= 11 is 0. The van der Waals surface area contributed by atoms with Crippen molar-refractivity contribution in [3.05, 3.63) is 96.6 Å². The molecule has 0 saturated carbocycles. The zero-order valence-electron chi connectivity index (χ0n) is 14.7. The first-order chi connectivity index (χ1) is 13.4. The van der Waals surface area contributed by atoms with Gasteiger partial charge < -0.3 is 4.57 Å². The molecular weight excluding hydrogens is 332 g/mol. The largest absolute Gasteiger partial charge is 0.302 e. The number of hydrogen-bond acceptors (Lipinski definition) is 3. The second-order valence-electron chi connectivity index (χ2n) is 6.49. The highest BCUT2D eigenvalue weighted by atomic mass is 15.4. The van der Waals surface area contributed by atoms with E-state index in [2.05, 4.69) is 63.6 Å². The lowest BCUT2D eigenvalue weighted by molar-refractivity contribution is 0.833. The highest BCUT2D eigenvalue weighted by Crippen LogP contribution is 2.35. The second kappa shape index (κ2) is 6.57. The molecule has 0 radical (unpaired) electrons. The minimum Gasteiger partial charge on any atom is -0.302 e. The zero-order chi connectivity index (χ0) is 18.1. The summed E-state index contributed by atoms with van der Waals surface area (Å²) in [5.41, 5.74) is 9.58. The van der Waals surface area contributed by atoms with Gasteiger partial charge in [-0.2, -0.15) is 5.10 Å². The van der Waals surface area contributed by atoms with Crippen molar-refractivity contribution >= 4 is 11.7 Å². The maximum absolute atomic E-state index is 4.87. The fourth-order valence-electron chi connectivity index (χ4n) is 3.47. The quantitative estimate of drug-likeness (QED) is 0.562. The number of hydrogen-bond donors (Lipinski definition) is 1. The van der Waals surface area contributed by atoms with E-state index in [1.54, 1.807) is 0 Å². The number of benzene rings is 3. The Labute approximate surface area is 157 Å². The van der Waals surface area contributed by atoms with Crippen LogP contribution in [-0.2, 0) is 6.54 Å². The van der Waals surface area contributed by atoms with E-state index in [0.29, 0.717) is 6.54 Å². The Kier molecular flexibility index (Phi) is 3.79. The molecule has 4 heteroatoms. The Balaban J connectivity index is 1.66. The van der Waals surface area contributed by atoms with Crippen molar-refractivity contribution in [2.75, 3.05) is 5.43 Å². The third-order valence-corrected chi connectivity index (χ3v) is 4.77. The van der Waals surface area contributed by atoms with Crippen molar-refractivity contribution in [1.29, 1.82) is 0 Å². The van der Waals surface area contributed by atoms with Gasteiger partial charge in [-0.1, -0.05) is 91.0 Å². The minimum absolute atomic E-state index is 0.677. The summed E-state index contributed by atoms with van der Waals surface area (Å²) in [5.74, 6) is 0.771. The van der Waals surface area contributed by atoms with E-state index in [0.717, 1.165) is 39.7 Å². The average Bonchev–Trinajstić information content (AvgIpc) is 3.14. The van der Waals surface area contributed by atoms with Gasteiger partial charge in [0.25, 0.3) is 0 Å². The van der Waals surface area contributed by atoms with Gasteiger partial charge in [-0.15, -0.1) is 0 Å². The third kappa shape index (κ3) is 2.81. The lowest BCUT2D eigenvalue weighted by atomic mass is 10.0. The molecule has 0 saturated heterocycles. The first-order valence-corrected chi connectivity index (χ1v) is 8.99. The Morgan fingerprint density at radius 1 is 0.667 bits per heavy atom. The van der Waals surface area contributed by atoms with E-state index < -0.39 is 0 Å². The maximum atomic E-state index is 4.87. The molecule has 0 aliphatic carbocycles. The molecule has 1 N–H and O–H groups in total. The fraction of sp³-hybridized carbons (Fsp3) is 0.0435. The van der Waals surface area contributed by atoms with Crippen LogP contribution in [0.1, 0.15) is 5.56 Å². The molecule has 1 aliphatic rings. The van der Waals surface area contributed by atoms with Crippen molar-refractivity contribution in [2.45, 2.75) is 6.54 Å². The molecule has 0 bridgehead atoms. The Bertz CT molecular complexity index is 1100. The lowest BCUT2D eigenvalue weighted by Crippen LogP contribution is -2.21. The molecule has 1 aliphatic heterocycles. The van der Waals surface area contributed by atoms with Crippen LogP contribution in [0.2, 0.25) is 0 Å². The van der Waals surface area contributed by atoms with E-state index in [9.17, 15) is 0 Å². The summed E-state index contributed by atoms with van der Waals surface area (Å²) in [4.78, 5) is 4.87. The van der Waals surface area contributed by atoms with Crippen LogP contribution in [0.5, 0.6) is 0 Å². The molecule has 5 rings (SSSR count). The molecule has 1 aromatic heterocycles. The van der Waals surface area contributed by atoms with Gasteiger partial charge in [0.1, 0.15) is 0 Å². The number of nitrogens with zero attached hydrogens (tertiary/aromatic N) is 3. The van der Waals surface area contributed by atoms with Crippen molar-refractivity contribution in [3.63, 3.8) is 0 Å². The van der Waals surface area contributed by atoms with Crippen LogP contribution >= 0.6 is 0 Å². The molecule has 130 valence electrons. The van der Waals surface area contributed by atoms with Crippen LogP contribution in [0, 0.1) is 0 Å². The second-order valence-corrected chi connectivity index (χ2v) is 6.49. The Morgan fingerprint density at radius 3 is 1.85 bits per heavy atom. The highest BCUT2D eigenvalue weighted by Gasteiger charge is 2.23. The number of rotatable bonds is 3. The third-order valence-electron chi connectivity index (χ3n) is 4.77. The van der Waals surface area contributed by atoms with Gasteiger partial charge in [0.15, 0.2) is 0 Å². The normalized spacial score (nSPS) is 12.8. The molecule has 27 heavy (non-hydrogen) atoms. The molecule has 0 atom stereocenters. The number of anilines is 1. The van der Waals surface area contributed by atoms with Gasteiger partial charge >= 0.3 is 0 Å². The maximum Gasteiger partial charge on any atom is 0.225 e. The van der Waals surface area contributed by atoms with Gasteiger partial charge in [0.05, 0.1) is 23.6 Å². The van der Waals surface area contributed by atoms with Gasteiger partial charge in [-0.3, -0.25) is 0 Å². The monoisotopic (exact) mass is 350 g/mol. The molecule has 2 heterocycles. The Hall–Kier alpha value is -3.66. The van der Waals surface area contributed by atoms with Crippen molar-refractivity contribution in [3.8, 4) is 22.5 Å². The Morgan fingerprint density at radius 2 is 1.22 bits per heavy atom. The SMILES string of the molecule is c1ccc(C2=NNc3nc(-c4ccccc4)c(-c4ccccc4)n3C2)cc1. The summed E-state index contributed by atoms with van der Waals surface area (Å²) in [6.45, 7) is 0.677. The molecule has 4 aromatic rings. The molecule has 0 amide bonds. The summed E-state index contributed by atoms with van der Waals surface area (Å²) in [6, 6.07) is 31.0. The number of imidazole rings is 1. The van der Waals surface area contributed by atoms with Gasteiger partial charge in [-0.05, 0) is 5.56 Å². The minimum atomic E-state index is 0.677. The van der Waals surface area contributed by atoms with Crippen LogP contribution in [-0.4, -0.2) is 15.3 Å². The molecular formula is C23H18N4. The van der Waals surface area contributed by atoms with Crippen molar-refractivity contribution in [1.82, 2.24) is 9.55 Å². The fourth-order valence-corrected chi connectivity index (χ4v) is 3.47. The van der Waals surface area contributed by atoms with Crippen LogP contribution in [0.3, 0.4) is 0 Å². The molecule has 0 spiro atoms. The molecule has 0 unspecified atom stereocenters.